The lowest BCUT2D eigenvalue weighted by Crippen LogP contribution is -2.42. The molecule has 0 radical (unpaired) electrons. The second-order valence-corrected chi connectivity index (χ2v) is 6.50. The number of benzene rings is 1. The number of likely N-dealkylation sites (tertiary alicyclic amines) is 1. The molecule has 22 heavy (non-hydrogen) atoms. The van der Waals surface area contributed by atoms with Crippen molar-refractivity contribution in [3.05, 3.63) is 33.8 Å². The fourth-order valence-corrected chi connectivity index (χ4v) is 3.08. The van der Waals surface area contributed by atoms with Crippen LogP contribution in [0.25, 0.3) is 0 Å². The highest BCUT2D eigenvalue weighted by Gasteiger charge is 2.19. The number of hydrogen-bond acceptors (Lipinski definition) is 3. The summed E-state index contributed by atoms with van der Waals surface area (Å²) in [7, 11) is 0. The third kappa shape index (κ3) is 5.13. The minimum absolute atomic E-state index is 0.0283. The van der Waals surface area contributed by atoms with E-state index in [1.807, 2.05) is 12.1 Å². The Hall–Kier alpha value is -0.810. The molecule has 0 aliphatic carbocycles. The number of nitrogens with zero attached hydrogens (tertiary/aromatic N) is 1. The van der Waals surface area contributed by atoms with E-state index in [1.165, 1.54) is 0 Å². The maximum atomic E-state index is 11.9. The Kier molecular flexibility index (Phi) is 6.96. The van der Waals surface area contributed by atoms with Gasteiger partial charge in [-0.1, -0.05) is 35.3 Å². The van der Waals surface area contributed by atoms with Crippen molar-refractivity contribution < 1.29 is 9.90 Å². The largest absolute Gasteiger partial charge is 0.396 e. The molecule has 1 heterocycles. The lowest BCUT2D eigenvalue weighted by molar-refractivity contribution is -0.122. The molecule has 0 spiro atoms. The van der Waals surface area contributed by atoms with E-state index in [4.69, 9.17) is 28.3 Å². The standard InChI is InChI=1S/C16H22Cl2N2O2/c17-14-3-1-2-13(16(14)18)4-7-19-15(22)10-20-8-5-12(11-21)6-9-20/h1-3,12,21H,4-11H2,(H,19,22). The molecular weight excluding hydrogens is 323 g/mol. The summed E-state index contributed by atoms with van der Waals surface area (Å²) in [6.45, 7) is 2.96. The SMILES string of the molecule is O=C(CN1CCC(CO)CC1)NCCc1cccc(Cl)c1Cl. The molecule has 1 fully saturated rings. The van der Waals surface area contributed by atoms with Gasteiger partial charge >= 0.3 is 0 Å². The van der Waals surface area contributed by atoms with Gasteiger partial charge in [0.25, 0.3) is 0 Å². The summed E-state index contributed by atoms with van der Waals surface area (Å²) in [5.41, 5.74) is 0.943. The van der Waals surface area contributed by atoms with Crippen LogP contribution in [-0.4, -0.2) is 48.7 Å². The van der Waals surface area contributed by atoms with Crippen molar-refractivity contribution in [2.45, 2.75) is 19.3 Å². The third-order valence-electron chi connectivity index (χ3n) is 4.08. The molecule has 0 aromatic heterocycles. The highest BCUT2D eigenvalue weighted by atomic mass is 35.5. The number of carbonyl (C=O) groups is 1. The lowest BCUT2D eigenvalue weighted by atomic mass is 9.98. The maximum Gasteiger partial charge on any atom is 0.234 e. The molecule has 0 saturated carbocycles. The maximum absolute atomic E-state index is 11.9. The van der Waals surface area contributed by atoms with Crippen molar-refractivity contribution in [2.24, 2.45) is 5.92 Å². The molecule has 1 aromatic rings. The summed E-state index contributed by atoms with van der Waals surface area (Å²) in [4.78, 5) is 14.1. The van der Waals surface area contributed by atoms with Gasteiger partial charge in [0.15, 0.2) is 0 Å². The van der Waals surface area contributed by atoms with Crippen LogP contribution >= 0.6 is 23.2 Å². The molecule has 0 atom stereocenters. The van der Waals surface area contributed by atoms with Crippen molar-refractivity contribution in [3.8, 4) is 0 Å². The normalized spacial score (nSPS) is 16.7. The molecule has 1 aliphatic rings. The fraction of sp³-hybridized carbons (Fsp3) is 0.562. The Balaban J connectivity index is 1.69. The van der Waals surface area contributed by atoms with Crippen molar-refractivity contribution in [1.82, 2.24) is 10.2 Å². The molecule has 122 valence electrons. The number of aliphatic hydroxyl groups is 1. The number of hydrogen-bond donors (Lipinski definition) is 2. The van der Waals surface area contributed by atoms with Gasteiger partial charge in [-0.05, 0) is 49.9 Å². The summed E-state index contributed by atoms with van der Waals surface area (Å²) < 4.78 is 0. The Morgan fingerprint density at radius 3 is 2.73 bits per heavy atom. The Morgan fingerprint density at radius 1 is 1.32 bits per heavy atom. The second kappa shape index (κ2) is 8.73. The van der Waals surface area contributed by atoms with Crippen molar-refractivity contribution in [3.63, 3.8) is 0 Å². The first kappa shape index (κ1) is 17.5. The monoisotopic (exact) mass is 344 g/mol. The molecule has 6 heteroatoms. The number of halogens is 2. The van der Waals surface area contributed by atoms with Crippen molar-refractivity contribution in [1.29, 1.82) is 0 Å². The van der Waals surface area contributed by atoms with Gasteiger partial charge in [-0.25, -0.2) is 0 Å². The lowest BCUT2D eigenvalue weighted by Gasteiger charge is -2.30. The number of rotatable bonds is 6. The summed E-state index contributed by atoms with van der Waals surface area (Å²) in [5.74, 6) is 0.421. The summed E-state index contributed by atoms with van der Waals surface area (Å²) in [6, 6.07) is 5.53. The number of piperidine rings is 1. The number of aliphatic hydroxyl groups excluding tert-OH is 1. The number of nitrogens with one attached hydrogen (secondary N) is 1. The van der Waals surface area contributed by atoms with E-state index >= 15 is 0 Å². The van der Waals surface area contributed by atoms with Crippen LogP contribution in [-0.2, 0) is 11.2 Å². The van der Waals surface area contributed by atoms with Crippen LogP contribution in [0, 0.1) is 5.92 Å². The first-order valence-corrected chi connectivity index (χ1v) is 8.38. The first-order valence-electron chi connectivity index (χ1n) is 7.63. The van der Waals surface area contributed by atoms with Crippen LogP contribution in [0.2, 0.25) is 10.0 Å². The molecular formula is C16H22Cl2N2O2. The summed E-state index contributed by atoms with van der Waals surface area (Å²) >= 11 is 12.1. The highest BCUT2D eigenvalue weighted by Crippen LogP contribution is 2.25. The van der Waals surface area contributed by atoms with Crippen molar-refractivity contribution in [2.75, 3.05) is 32.8 Å². The average Bonchev–Trinajstić information content (AvgIpc) is 2.52. The van der Waals surface area contributed by atoms with Gasteiger partial charge in [-0.3, -0.25) is 9.69 Å². The predicted molar refractivity (Wildman–Crippen MR) is 89.4 cm³/mol. The van der Waals surface area contributed by atoms with Gasteiger partial charge < -0.3 is 10.4 Å². The minimum Gasteiger partial charge on any atom is -0.396 e. The molecule has 2 N–H and O–H groups in total. The van der Waals surface area contributed by atoms with Gasteiger partial charge in [0, 0.05) is 13.2 Å². The molecule has 1 aromatic carbocycles. The second-order valence-electron chi connectivity index (χ2n) is 5.71. The molecule has 1 aliphatic heterocycles. The molecule has 0 bridgehead atoms. The van der Waals surface area contributed by atoms with Crippen LogP contribution in [0.3, 0.4) is 0 Å². The van der Waals surface area contributed by atoms with Gasteiger partial charge in [0.05, 0.1) is 16.6 Å². The van der Waals surface area contributed by atoms with Gasteiger partial charge in [0.1, 0.15) is 0 Å². The zero-order valence-corrected chi connectivity index (χ0v) is 14.0. The molecule has 1 saturated heterocycles. The van der Waals surface area contributed by atoms with E-state index in [-0.39, 0.29) is 12.5 Å². The first-order chi connectivity index (χ1) is 10.6. The zero-order chi connectivity index (χ0) is 15.9. The van der Waals surface area contributed by atoms with Crippen LogP contribution in [0.4, 0.5) is 0 Å². The van der Waals surface area contributed by atoms with Gasteiger partial charge in [0.2, 0.25) is 5.91 Å². The summed E-state index contributed by atoms with van der Waals surface area (Å²) in [5, 5.41) is 13.1. The smallest absolute Gasteiger partial charge is 0.234 e. The molecule has 2 rings (SSSR count). The molecule has 4 nitrogen and oxygen atoms in total. The summed E-state index contributed by atoms with van der Waals surface area (Å²) in [6.07, 6.45) is 2.58. The Bertz CT molecular complexity index is 503. The van der Waals surface area contributed by atoms with E-state index in [1.54, 1.807) is 6.07 Å². The van der Waals surface area contributed by atoms with E-state index in [0.29, 0.717) is 35.5 Å². The number of carbonyl (C=O) groups excluding carboxylic acids is 1. The van der Waals surface area contributed by atoms with E-state index in [9.17, 15) is 4.79 Å². The fourth-order valence-electron chi connectivity index (χ4n) is 2.66. The van der Waals surface area contributed by atoms with E-state index in [0.717, 1.165) is 31.5 Å². The van der Waals surface area contributed by atoms with Crippen LogP contribution < -0.4 is 5.32 Å². The average molecular weight is 345 g/mol. The topological polar surface area (TPSA) is 52.6 Å². The quantitative estimate of drug-likeness (QED) is 0.832. The van der Waals surface area contributed by atoms with Crippen molar-refractivity contribution >= 4 is 29.1 Å². The van der Waals surface area contributed by atoms with Crippen LogP contribution in [0.15, 0.2) is 18.2 Å². The number of amides is 1. The molecule has 0 unspecified atom stereocenters. The van der Waals surface area contributed by atoms with E-state index < -0.39 is 0 Å². The van der Waals surface area contributed by atoms with Crippen LogP contribution in [0.5, 0.6) is 0 Å². The minimum atomic E-state index is 0.0283. The Morgan fingerprint density at radius 2 is 2.05 bits per heavy atom. The van der Waals surface area contributed by atoms with Crippen LogP contribution in [0.1, 0.15) is 18.4 Å². The predicted octanol–water partition coefficient (Wildman–Crippen LogP) is 2.36. The Labute approximate surface area is 141 Å². The zero-order valence-electron chi connectivity index (χ0n) is 12.5. The van der Waals surface area contributed by atoms with Gasteiger partial charge in [-0.15, -0.1) is 0 Å². The third-order valence-corrected chi connectivity index (χ3v) is 4.94. The van der Waals surface area contributed by atoms with E-state index in [2.05, 4.69) is 10.2 Å². The highest BCUT2D eigenvalue weighted by molar-refractivity contribution is 6.42. The van der Waals surface area contributed by atoms with Gasteiger partial charge in [-0.2, -0.15) is 0 Å². The molecule has 1 amide bonds.